The fraction of sp³-hybridized carbons (Fsp3) is 0.222. The maximum Gasteiger partial charge on any atom is 0.259 e. The predicted molar refractivity (Wildman–Crippen MR) is 100 cm³/mol. The molecule has 3 aromatic heterocycles. The second kappa shape index (κ2) is 5.63. The Morgan fingerprint density at radius 1 is 1.20 bits per heavy atom. The van der Waals surface area contributed by atoms with Crippen molar-refractivity contribution in [1.29, 1.82) is 0 Å². The van der Waals surface area contributed by atoms with E-state index in [2.05, 4.69) is 39.4 Å². The number of hydrogen-bond donors (Lipinski definition) is 1. The molecule has 126 valence electrons. The van der Waals surface area contributed by atoms with E-state index in [1.165, 1.54) is 16.9 Å². The van der Waals surface area contributed by atoms with Gasteiger partial charge >= 0.3 is 0 Å². The number of hydrogen-bond acceptors (Lipinski definition) is 5. The highest BCUT2D eigenvalue weighted by Gasteiger charge is 2.14. The van der Waals surface area contributed by atoms with Crippen molar-refractivity contribution in [2.75, 3.05) is 5.32 Å². The van der Waals surface area contributed by atoms with Crippen LogP contribution in [-0.2, 0) is 7.05 Å². The first kappa shape index (κ1) is 15.7. The molecule has 4 aromatic rings. The minimum absolute atomic E-state index is 0.217. The maximum absolute atomic E-state index is 12.6. The van der Waals surface area contributed by atoms with E-state index in [-0.39, 0.29) is 5.91 Å². The molecule has 0 bridgehead atoms. The van der Waals surface area contributed by atoms with Crippen molar-refractivity contribution in [2.45, 2.75) is 20.8 Å². The van der Waals surface area contributed by atoms with Crippen molar-refractivity contribution in [3.05, 3.63) is 46.8 Å². The van der Waals surface area contributed by atoms with E-state index < -0.39 is 0 Å². The molecule has 0 radical (unpaired) electrons. The number of rotatable bonds is 2. The molecule has 1 amide bonds. The summed E-state index contributed by atoms with van der Waals surface area (Å²) in [6.45, 7) is 6.00. The van der Waals surface area contributed by atoms with Crippen LogP contribution in [0.2, 0.25) is 0 Å². The highest BCUT2D eigenvalue weighted by Crippen LogP contribution is 2.29. The van der Waals surface area contributed by atoms with Crippen LogP contribution in [0.15, 0.2) is 24.4 Å². The Morgan fingerprint density at radius 2 is 2.00 bits per heavy atom. The molecule has 0 unspecified atom stereocenters. The van der Waals surface area contributed by atoms with Crippen LogP contribution in [0.25, 0.3) is 21.3 Å². The second-order valence-electron chi connectivity index (χ2n) is 6.21. The zero-order valence-corrected chi connectivity index (χ0v) is 15.2. The minimum Gasteiger partial charge on any atom is -0.298 e. The number of aryl methyl sites for hydroxylation is 4. The molecule has 7 heteroatoms. The highest BCUT2D eigenvalue weighted by molar-refractivity contribution is 7.22. The Bertz CT molecular complexity index is 1140. The summed E-state index contributed by atoms with van der Waals surface area (Å²) in [7, 11) is 1.84. The smallest absolute Gasteiger partial charge is 0.259 e. The SMILES string of the molecule is Cc1cc(C)c2nc(NC(=O)c3cnc4c(c3)c(C)nn4C)sc2c1. The summed E-state index contributed by atoms with van der Waals surface area (Å²) in [5.41, 5.74) is 5.35. The standard InChI is InChI=1S/C18H17N5OS/c1-9-5-10(2)15-14(6-9)25-18(20-15)21-17(24)12-7-13-11(3)22-23(4)16(13)19-8-12/h5-8H,1-4H3,(H,20,21,24). The molecule has 4 rings (SSSR count). The van der Waals surface area contributed by atoms with Crippen molar-refractivity contribution >= 4 is 43.6 Å². The van der Waals surface area contributed by atoms with E-state index >= 15 is 0 Å². The molecule has 3 heterocycles. The summed E-state index contributed by atoms with van der Waals surface area (Å²) >= 11 is 1.48. The fourth-order valence-electron chi connectivity index (χ4n) is 3.03. The molecule has 6 nitrogen and oxygen atoms in total. The van der Waals surface area contributed by atoms with Gasteiger partial charge in [0.15, 0.2) is 10.8 Å². The first-order valence-corrected chi connectivity index (χ1v) is 8.72. The Balaban J connectivity index is 1.68. The highest BCUT2D eigenvalue weighted by atomic mass is 32.1. The lowest BCUT2D eigenvalue weighted by Gasteiger charge is -2.02. The van der Waals surface area contributed by atoms with Crippen molar-refractivity contribution < 1.29 is 4.79 Å². The van der Waals surface area contributed by atoms with Gasteiger partial charge in [0.25, 0.3) is 5.91 Å². The van der Waals surface area contributed by atoms with Crippen LogP contribution in [0.4, 0.5) is 5.13 Å². The molecule has 0 atom stereocenters. The van der Waals surface area contributed by atoms with Crippen molar-refractivity contribution in [3.63, 3.8) is 0 Å². The summed E-state index contributed by atoms with van der Waals surface area (Å²) in [5, 5.41) is 8.69. The average molecular weight is 351 g/mol. The predicted octanol–water partition coefficient (Wildman–Crippen LogP) is 3.76. The van der Waals surface area contributed by atoms with Gasteiger partial charge in [0.1, 0.15) is 0 Å². The van der Waals surface area contributed by atoms with Crippen molar-refractivity contribution in [1.82, 2.24) is 19.7 Å². The van der Waals surface area contributed by atoms with Gasteiger partial charge in [0.2, 0.25) is 0 Å². The van der Waals surface area contributed by atoms with Crippen LogP contribution in [0, 0.1) is 20.8 Å². The van der Waals surface area contributed by atoms with E-state index in [1.54, 1.807) is 10.9 Å². The van der Waals surface area contributed by atoms with Crippen LogP contribution in [0.1, 0.15) is 27.2 Å². The molecular formula is C18H17N5OS. The minimum atomic E-state index is -0.217. The summed E-state index contributed by atoms with van der Waals surface area (Å²) in [6.07, 6.45) is 1.57. The van der Waals surface area contributed by atoms with E-state index in [0.717, 1.165) is 32.5 Å². The van der Waals surface area contributed by atoms with Gasteiger partial charge in [-0.05, 0) is 44.0 Å². The topological polar surface area (TPSA) is 72.7 Å². The molecule has 0 aliphatic carbocycles. The number of benzene rings is 1. The van der Waals surface area contributed by atoms with Gasteiger partial charge in [-0.25, -0.2) is 9.97 Å². The summed E-state index contributed by atoms with van der Waals surface area (Å²) < 4.78 is 2.79. The van der Waals surface area contributed by atoms with E-state index in [9.17, 15) is 4.79 Å². The molecule has 0 aliphatic heterocycles. The monoisotopic (exact) mass is 351 g/mol. The summed E-state index contributed by atoms with van der Waals surface area (Å²) in [5.74, 6) is -0.217. The second-order valence-corrected chi connectivity index (χ2v) is 7.24. The Labute approximate surface area is 148 Å². The first-order chi connectivity index (χ1) is 11.9. The van der Waals surface area contributed by atoms with E-state index in [1.807, 2.05) is 27.0 Å². The number of pyridine rings is 1. The van der Waals surface area contributed by atoms with Crippen LogP contribution in [0.5, 0.6) is 0 Å². The average Bonchev–Trinajstić information content (AvgIpc) is 3.08. The number of fused-ring (bicyclic) bond motifs is 2. The van der Waals surface area contributed by atoms with Gasteiger partial charge in [-0.1, -0.05) is 17.4 Å². The Morgan fingerprint density at radius 3 is 2.80 bits per heavy atom. The third-order valence-corrected chi connectivity index (χ3v) is 5.09. The lowest BCUT2D eigenvalue weighted by atomic mass is 10.1. The van der Waals surface area contributed by atoms with Gasteiger partial charge < -0.3 is 0 Å². The number of aromatic nitrogens is 4. The van der Waals surface area contributed by atoms with Crippen LogP contribution in [0.3, 0.4) is 0 Å². The van der Waals surface area contributed by atoms with Gasteiger partial charge in [-0.2, -0.15) is 5.10 Å². The fourth-order valence-corrected chi connectivity index (χ4v) is 4.06. The number of carbonyl (C=O) groups excluding carboxylic acids is 1. The zero-order chi connectivity index (χ0) is 17.7. The van der Waals surface area contributed by atoms with Crippen molar-refractivity contribution in [3.8, 4) is 0 Å². The largest absolute Gasteiger partial charge is 0.298 e. The van der Waals surface area contributed by atoms with E-state index in [0.29, 0.717) is 10.7 Å². The summed E-state index contributed by atoms with van der Waals surface area (Å²) in [6, 6.07) is 6.00. The number of thiazole rings is 1. The normalized spacial score (nSPS) is 11.4. The molecule has 0 fully saturated rings. The van der Waals surface area contributed by atoms with Gasteiger partial charge in [0, 0.05) is 18.6 Å². The number of nitrogens with zero attached hydrogens (tertiary/aromatic N) is 4. The molecule has 1 aromatic carbocycles. The number of anilines is 1. The molecule has 0 saturated heterocycles. The quantitative estimate of drug-likeness (QED) is 0.597. The Kier molecular flexibility index (Phi) is 3.54. The lowest BCUT2D eigenvalue weighted by Crippen LogP contribution is -2.12. The maximum atomic E-state index is 12.6. The van der Waals surface area contributed by atoms with E-state index in [4.69, 9.17) is 0 Å². The van der Waals surface area contributed by atoms with Crippen LogP contribution >= 0.6 is 11.3 Å². The van der Waals surface area contributed by atoms with Gasteiger partial charge in [0.05, 0.1) is 21.5 Å². The molecule has 0 spiro atoms. The molecule has 25 heavy (non-hydrogen) atoms. The number of amides is 1. The third kappa shape index (κ3) is 2.66. The van der Waals surface area contributed by atoms with Gasteiger partial charge in [-0.15, -0.1) is 0 Å². The first-order valence-electron chi connectivity index (χ1n) is 7.91. The zero-order valence-electron chi connectivity index (χ0n) is 14.4. The van der Waals surface area contributed by atoms with Gasteiger partial charge in [-0.3, -0.25) is 14.8 Å². The van der Waals surface area contributed by atoms with Crippen LogP contribution in [-0.4, -0.2) is 25.7 Å². The molecule has 0 aliphatic rings. The third-order valence-electron chi connectivity index (χ3n) is 4.18. The molecule has 1 N–H and O–H groups in total. The Hall–Kier alpha value is -2.80. The number of nitrogens with one attached hydrogen (secondary N) is 1. The summed E-state index contributed by atoms with van der Waals surface area (Å²) in [4.78, 5) is 21.5. The lowest BCUT2D eigenvalue weighted by molar-refractivity contribution is 0.102. The molecular weight excluding hydrogens is 334 g/mol. The molecule has 0 saturated carbocycles. The van der Waals surface area contributed by atoms with Crippen LogP contribution < -0.4 is 5.32 Å². The number of carbonyl (C=O) groups is 1. The van der Waals surface area contributed by atoms with Crippen molar-refractivity contribution in [2.24, 2.45) is 7.05 Å².